The van der Waals surface area contributed by atoms with Gasteiger partial charge in [-0.15, -0.1) is 0 Å². The molecule has 0 aliphatic heterocycles. The van der Waals surface area contributed by atoms with Gasteiger partial charge in [0.25, 0.3) is 5.91 Å². The lowest BCUT2D eigenvalue weighted by Crippen LogP contribution is -2.16. The van der Waals surface area contributed by atoms with Crippen LogP contribution in [0.5, 0.6) is 0 Å². The van der Waals surface area contributed by atoms with Gasteiger partial charge in [-0.1, -0.05) is 17.7 Å². The van der Waals surface area contributed by atoms with Gasteiger partial charge in [-0.2, -0.15) is 0 Å². The molecule has 0 radical (unpaired) electrons. The van der Waals surface area contributed by atoms with Gasteiger partial charge in [-0.3, -0.25) is 9.78 Å². The van der Waals surface area contributed by atoms with Crippen LogP contribution in [0.15, 0.2) is 48.8 Å². The van der Waals surface area contributed by atoms with Gasteiger partial charge in [0.15, 0.2) is 5.82 Å². The molecule has 0 aliphatic rings. The Kier molecular flexibility index (Phi) is 6.13. The molecule has 0 aliphatic carbocycles. The molecule has 3 aromatic rings. The van der Waals surface area contributed by atoms with Crippen molar-refractivity contribution in [3.8, 4) is 11.3 Å². The van der Waals surface area contributed by atoms with Gasteiger partial charge in [-0.25, -0.2) is 18.6 Å². The third-order valence-electron chi connectivity index (χ3n) is 3.84. The maximum absolute atomic E-state index is 13.7. The third-order valence-corrected chi connectivity index (χ3v) is 4.17. The predicted octanol–water partition coefficient (Wildman–Crippen LogP) is 4.50. The summed E-state index contributed by atoms with van der Waals surface area (Å²) in [6.07, 6.45) is 2.52. The van der Waals surface area contributed by atoms with E-state index in [9.17, 15) is 18.4 Å². The van der Waals surface area contributed by atoms with Crippen LogP contribution in [-0.2, 0) is 4.74 Å². The Hall–Kier alpha value is -3.39. The number of benzene rings is 2. The number of amides is 1. The highest BCUT2D eigenvalue weighted by Gasteiger charge is 2.18. The largest absolute Gasteiger partial charge is 0.462 e. The number of anilines is 1. The molecule has 0 spiro atoms. The predicted molar refractivity (Wildman–Crippen MR) is 103 cm³/mol. The lowest BCUT2D eigenvalue weighted by molar-refractivity contribution is 0.0526. The second kappa shape index (κ2) is 8.74. The molecule has 0 fully saturated rings. The van der Waals surface area contributed by atoms with E-state index in [1.165, 1.54) is 30.6 Å². The standard InChI is InChI=1S/C20H14ClF2N3O3/c1-2-29-20(28)11-6-7-13(21)12(8-11)16-9-25-17(10-24-16)26-19(27)18-14(22)4-3-5-15(18)23/h3-10H,2H2,1H3,(H,25,26,27). The highest BCUT2D eigenvalue weighted by atomic mass is 35.5. The van der Waals surface area contributed by atoms with Crippen LogP contribution in [0.3, 0.4) is 0 Å². The van der Waals surface area contributed by atoms with Crippen molar-refractivity contribution in [1.82, 2.24) is 9.97 Å². The second-order valence-corrected chi connectivity index (χ2v) is 6.16. The molecule has 3 rings (SSSR count). The highest BCUT2D eigenvalue weighted by Crippen LogP contribution is 2.28. The minimum absolute atomic E-state index is 0.0147. The molecule has 0 atom stereocenters. The SMILES string of the molecule is CCOC(=O)c1ccc(Cl)c(-c2cnc(NC(=O)c3c(F)cccc3F)cn2)c1. The third kappa shape index (κ3) is 4.55. The molecule has 0 bridgehead atoms. The molecule has 1 N–H and O–H groups in total. The van der Waals surface area contributed by atoms with Crippen molar-refractivity contribution >= 4 is 29.3 Å². The van der Waals surface area contributed by atoms with Crippen LogP contribution >= 0.6 is 11.6 Å². The number of nitrogens with zero attached hydrogens (tertiary/aromatic N) is 2. The Balaban J connectivity index is 1.83. The van der Waals surface area contributed by atoms with E-state index in [1.54, 1.807) is 6.92 Å². The summed E-state index contributed by atoms with van der Waals surface area (Å²) in [5.74, 6) is -3.50. The average Bonchev–Trinajstić information content (AvgIpc) is 2.69. The molecule has 1 aromatic heterocycles. The van der Waals surface area contributed by atoms with Crippen LogP contribution in [0.2, 0.25) is 5.02 Å². The Labute approximate surface area is 169 Å². The number of hydrogen-bond acceptors (Lipinski definition) is 5. The second-order valence-electron chi connectivity index (χ2n) is 5.75. The van der Waals surface area contributed by atoms with Crippen LogP contribution in [-0.4, -0.2) is 28.5 Å². The number of nitrogens with one attached hydrogen (secondary N) is 1. The summed E-state index contributed by atoms with van der Waals surface area (Å²) < 4.78 is 32.4. The Morgan fingerprint density at radius 1 is 1.10 bits per heavy atom. The fourth-order valence-electron chi connectivity index (χ4n) is 2.49. The summed E-state index contributed by atoms with van der Waals surface area (Å²) in [6, 6.07) is 7.67. The molecule has 2 aromatic carbocycles. The van der Waals surface area contributed by atoms with E-state index in [1.807, 2.05) is 0 Å². The molecule has 6 nitrogen and oxygen atoms in total. The summed E-state index contributed by atoms with van der Waals surface area (Å²) in [6.45, 7) is 1.92. The van der Waals surface area contributed by atoms with Gasteiger partial charge in [0, 0.05) is 5.56 Å². The van der Waals surface area contributed by atoms with Crippen molar-refractivity contribution < 1.29 is 23.1 Å². The fraction of sp³-hybridized carbons (Fsp3) is 0.100. The van der Waals surface area contributed by atoms with Gasteiger partial charge < -0.3 is 10.1 Å². The first kappa shape index (κ1) is 20.3. The zero-order chi connectivity index (χ0) is 21.0. The lowest BCUT2D eigenvalue weighted by atomic mass is 10.1. The van der Waals surface area contributed by atoms with Crippen molar-refractivity contribution in [3.05, 3.63) is 76.6 Å². The maximum atomic E-state index is 13.7. The van der Waals surface area contributed by atoms with Gasteiger partial charge in [0.2, 0.25) is 0 Å². The quantitative estimate of drug-likeness (QED) is 0.618. The van der Waals surface area contributed by atoms with Gasteiger partial charge in [0.1, 0.15) is 17.2 Å². The number of aromatic nitrogens is 2. The number of rotatable bonds is 5. The molecule has 9 heteroatoms. The summed E-state index contributed by atoms with van der Waals surface area (Å²) >= 11 is 6.18. The van der Waals surface area contributed by atoms with E-state index < -0.39 is 29.1 Å². The normalized spacial score (nSPS) is 10.5. The van der Waals surface area contributed by atoms with E-state index in [0.717, 1.165) is 18.2 Å². The molecular formula is C20H14ClF2N3O3. The zero-order valence-corrected chi connectivity index (χ0v) is 15.8. The topological polar surface area (TPSA) is 81.2 Å². The van der Waals surface area contributed by atoms with Crippen molar-refractivity contribution in [3.63, 3.8) is 0 Å². The van der Waals surface area contributed by atoms with Gasteiger partial charge >= 0.3 is 5.97 Å². The van der Waals surface area contributed by atoms with Gasteiger partial charge in [0.05, 0.1) is 35.3 Å². The fourth-order valence-corrected chi connectivity index (χ4v) is 2.70. The first-order chi connectivity index (χ1) is 13.9. The average molecular weight is 418 g/mol. The maximum Gasteiger partial charge on any atom is 0.338 e. The summed E-state index contributed by atoms with van der Waals surface area (Å²) in [4.78, 5) is 32.2. The van der Waals surface area contributed by atoms with E-state index in [-0.39, 0.29) is 12.4 Å². The Morgan fingerprint density at radius 2 is 1.83 bits per heavy atom. The molecule has 0 saturated carbocycles. The van der Waals surface area contributed by atoms with Crippen LogP contribution in [0, 0.1) is 11.6 Å². The first-order valence-corrected chi connectivity index (χ1v) is 8.83. The number of hydrogen-bond donors (Lipinski definition) is 1. The summed E-state index contributed by atoms with van der Waals surface area (Å²) in [5, 5.41) is 2.61. The van der Waals surface area contributed by atoms with E-state index >= 15 is 0 Å². The summed E-state index contributed by atoms with van der Waals surface area (Å²) in [5.41, 5.74) is 0.336. The van der Waals surface area contributed by atoms with Crippen molar-refractivity contribution in [2.45, 2.75) is 6.92 Å². The molecule has 0 unspecified atom stereocenters. The van der Waals surface area contributed by atoms with Crippen LogP contribution in [0.4, 0.5) is 14.6 Å². The molecule has 29 heavy (non-hydrogen) atoms. The molecular weight excluding hydrogens is 404 g/mol. The molecule has 1 heterocycles. The smallest absolute Gasteiger partial charge is 0.338 e. The number of carbonyl (C=O) groups is 2. The monoisotopic (exact) mass is 417 g/mol. The van der Waals surface area contributed by atoms with Crippen LogP contribution in [0.1, 0.15) is 27.6 Å². The Bertz CT molecular complexity index is 1050. The van der Waals surface area contributed by atoms with Gasteiger partial charge in [-0.05, 0) is 37.3 Å². The molecule has 0 saturated heterocycles. The van der Waals surface area contributed by atoms with Crippen molar-refractivity contribution in [2.75, 3.05) is 11.9 Å². The number of carbonyl (C=O) groups excluding carboxylic acids is 2. The molecule has 1 amide bonds. The molecule has 148 valence electrons. The van der Waals surface area contributed by atoms with Crippen LogP contribution in [0.25, 0.3) is 11.3 Å². The van der Waals surface area contributed by atoms with E-state index in [0.29, 0.717) is 21.8 Å². The number of esters is 1. The minimum atomic E-state index is -0.995. The number of ether oxygens (including phenoxy) is 1. The van der Waals surface area contributed by atoms with Crippen LogP contribution < -0.4 is 5.32 Å². The van der Waals surface area contributed by atoms with E-state index in [4.69, 9.17) is 16.3 Å². The lowest BCUT2D eigenvalue weighted by Gasteiger charge is -2.09. The minimum Gasteiger partial charge on any atom is -0.462 e. The Morgan fingerprint density at radius 3 is 2.45 bits per heavy atom. The van der Waals surface area contributed by atoms with Crippen molar-refractivity contribution in [2.24, 2.45) is 0 Å². The summed E-state index contributed by atoms with van der Waals surface area (Å²) in [7, 11) is 0. The highest BCUT2D eigenvalue weighted by molar-refractivity contribution is 6.33. The number of halogens is 3. The van der Waals surface area contributed by atoms with E-state index in [2.05, 4.69) is 15.3 Å². The first-order valence-electron chi connectivity index (χ1n) is 8.45. The zero-order valence-electron chi connectivity index (χ0n) is 15.1. The van der Waals surface area contributed by atoms with Crippen molar-refractivity contribution in [1.29, 1.82) is 0 Å².